The van der Waals surface area contributed by atoms with E-state index in [1.165, 1.54) is 0 Å². The first-order valence-corrected chi connectivity index (χ1v) is 8.37. The molecule has 21 heavy (non-hydrogen) atoms. The summed E-state index contributed by atoms with van der Waals surface area (Å²) in [6, 6.07) is 7.62. The van der Waals surface area contributed by atoms with Crippen molar-refractivity contribution < 1.29 is 0 Å². The number of rotatable bonds is 3. The van der Waals surface area contributed by atoms with E-state index in [4.69, 9.17) is 11.6 Å². The summed E-state index contributed by atoms with van der Waals surface area (Å²) >= 11 is 9.91. The monoisotopic (exact) mass is 428 g/mol. The molecule has 0 saturated heterocycles. The van der Waals surface area contributed by atoms with Gasteiger partial charge in [-0.15, -0.1) is 11.3 Å². The van der Waals surface area contributed by atoms with Crippen molar-refractivity contribution >= 4 is 57.2 Å². The van der Waals surface area contributed by atoms with Gasteiger partial charge in [-0.3, -0.25) is 0 Å². The zero-order valence-corrected chi connectivity index (χ0v) is 14.7. The normalized spacial score (nSPS) is 10.6. The summed E-state index contributed by atoms with van der Waals surface area (Å²) in [6.07, 6.45) is 3.56. The summed E-state index contributed by atoms with van der Waals surface area (Å²) in [4.78, 5) is 14.0. The van der Waals surface area contributed by atoms with Crippen LogP contribution in [0.1, 0.15) is 5.01 Å². The number of nitrogens with one attached hydrogen (secondary N) is 1. The minimum atomic E-state index is 0.538. The molecule has 1 aromatic carbocycles. The van der Waals surface area contributed by atoms with Gasteiger partial charge in [-0.05, 0) is 53.8 Å². The number of thiazole rings is 1. The van der Waals surface area contributed by atoms with Crippen molar-refractivity contribution in [2.75, 3.05) is 5.32 Å². The Labute approximate surface area is 144 Å². The van der Waals surface area contributed by atoms with Gasteiger partial charge >= 0.3 is 0 Å². The van der Waals surface area contributed by atoms with Gasteiger partial charge < -0.3 is 5.32 Å². The molecule has 106 valence electrons. The number of nitrogens with zero attached hydrogens (tertiary/aromatic N) is 3. The smallest absolute Gasteiger partial charge is 0.227 e. The number of hydrogen-bond acceptors (Lipinski definition) is 5. The first kappa shape index (κ1) is 14.7. The van der Waals surface area contributed by atoms with Crippen LogP contribution < -0.4 is 5.32 Å². The van der Waals surface area contributed by atoms with Gasteiger partial charge in [0.2, 0.25) is 5.95 Å². The lowest BCUT2D eigenvalue weighted by atomic mass is 10.3. The molecule has 0 atom stereocenters. The Morgan fingerprint density at radius 1 is 1.24 bits per heavy atom. The predicted molar refractivity (Wildman–Crippen MR) is 95.3 cm³/mol. The van der Waals surface area contributed by atoms with Crippen LogP contribution in [0.5, 0.6) is 0 Å². The predicted octanol–water partition coefficient (Wildman–Crippen LogP) is 4.91. The topological polar surface area (TPSA) is 50.7 Å². The van der Waals surface area contributed by atoms with Crippen LogP contribution in [0.15, 0.2) is 36.7 Å². The molecule has 0 bridgehead atoms. The molecule has 2 heterocycles. The van der Waals surface area contributed by atoms with Gasteiger partial charge in [-0.2, -0.15) is 0 Å². The largest absolute Gasteiger partial charge is 0.324 e. The minimum Gasteiger partial charge on any atom is -0.324 e. The Bertz CT molecular complexity index is 790. The van der Waals surface area contributed by atoms with Crippen LogP contribution >= 0.6 is 45.5 Å². The third-order valence-electron chi connectivity index (χ3n) is 2.71. The van der Waals surface area contributed by atoms with Gasteiger partial charge in [0.1, 0.15) is 0 Å². The Morgan fingerprint density at radius 2 is 2.10 bits per heavy atom. The van der Waals surface area contributed by atoms with Gasteiger partial charge in [-0.1, -0.05) is 11.6 Å². The van der Waals surface area contributed by atoms with E-state index in [-0.39, 0.29) is 0 Å². The van der Waals surface area contributed by atoms with Gasteiger partial charge in [-0.25, -0.2) is 15.0 Å². The highest BCUT2D eigenvalue weighted by atomic mass is 127. The highest BCUT2D eigenvalue weighted by Crippen LogP contribution is 2.26. The van der Waals surface area contributed by atoms with E-state index in [2.05, 4.69) is 42.9 Å². The summed E-state index contributed by atoms with van der Waals surface area (Å²) in [7, 11) is 0. The Balaban J connectivity index is 1.87. The average Bonchev–Trinajstić information content (AvgIpc) is 2.90. The minimum absolute atomic E-state index is 0.538. The van der Waals surface area contributed by atoms with Crippen LogP contribution in [-0.4, -0.2) is 15.0 Å². The van der Waals surface area contributed by atoms with E-state index >= 15 is 0 Å². The highest BCUT2D eigenvalue weighted by Gasteiger charge is 2.06. The van der Waals surface area contributed by atoms with E-state index in [0.717, 1.165) is 24.8 Å². The molecule has 0 fully saturated rings. The molecule has 0 amide bonds. The van der Waals surface area contributed by atoms with Gasteiger partial charge in [0.15, 0.2) is 0 Å². The Kier molecular flexibility index (Phi) is 4.37. The first-order chi connectivity index (χ1) is 10.1. The molecule has 4 nitrogen and oxygen atoms in total. The Hall–Kier alpha value is -1.25. The number of aryl methyl sites for hydroxylation is 1. The lowest BCUT2D eigenvalue weighted by molar-refractivity contribution is 1.17. The molecule has 7 heteroatoms. The number of hydrogen-bond donors (Lipinski definition) is 1. The van der Waals surface area contributed by atoms with E-state index in [9.17, 15) is 0 Å². The molecule has 3 rings (SSSR count). The van der Waals surface area contributed by atoms with Crippen molar-refractivity contribution in [1.82, 2.24) is 15.0 Å². The molecule has 0 unspecified atom stereocenters. The SMILES string of the molecule is Cc1ncc(-c2ccnc(Nc3ccc(I)c(Cl)c3)n2)s1. The van der Waals surface area contributed by atoms with E-state index in [1.807, 2.05) is 37.4 Å². The van der Waals surface area contributed by atoms with Crippen LogP contribution in [0, 0.1) is 10.5 Å². The fraction of sp³-hybridized carbons (Fsp3) is 0.0714. The molecule has 0 aliphatic carbocycles. The molecule has 0 saturated carbocycles. The summed E-state index contributed by atoms with van der Waals surface area (Å²) in [5.41, 5.74) is 1.72. The molecule has 1 N–H and O–H groups in total. The van der Waals surface area contributed by atoms with Crippen LogP contribution in [-0.2, 0) is 0 Å². The highest BCUT2D eigenvalue weighted by molar-refractivity contribution is 14.1. The number of halogens is 2. The van der Waals surface area contributed by atoms with Crippen molar-refractivity contribution in [3.05, 3.63) is 50.3 Å². The maximum atomic E-state index is 6.12. The van der Waals surface area contributed by atoms with Gasteiger partial charge in [0, 0.05) is 21.7 Å². The van der Waals surface area contributed by atoms with Crippen molar-refractivity contribution in [2.24, 2.45) is 0 Å². The van der Waals surface area contributed by atoms with Gasteiger partial charge in [0.25, 0.3) is 0 Å². The lowest BCUT2D eigenvalue weighted by Gasteiger charge is -2.06. The number of aromatic nitrogens is 3. The lowest BCUT2D eigenvalue weighted by Crippen LogP contribution is -1.97. The second-order valence-corrected chi connectivity index (χ2v) is 7.07. The quantitative estimate of drug-likeness (QED) is 0.602. The van der Waals surface area contributed by atoms with Crippen molar-refractivity contribution in [1.29, 1.82) is 0 Å². The number of anilines is 2. The maximum Gasteiger partial charge on any atom is 0.227 e. The van der Waals surface area contributed by atoms with Crippen LogP contribution in [0.4, 0.5) is 11.6 Å². The fourth-order valence-electron chi connectivity index (χ4n) is 1.74. The second-order valence-electron chi connectivity index (χ2n) is 4.26. The number of benzene rings is 1. The zero-order valence-electron chi connectivity index (χ0n) is 11.0. The van der Waals surface area contributed by atoms with Crippen LogP contribution in [0.2, 0.25) is 5.02 Å². The molecule has 0 spiro atoms. The first-order valence-electron chi connectivity index (χ1n) is 6.10. The fourth-order valence-corrected chi connectivity index (χ4v) is 3.00. The second kappa shape index (κ2) is 6.25. The molecular formula is C14H10ClIN4S. The van der Waals surface area contributed by atoms with E-state index in [0.29, 0.717) is 11.0 Å². The van der Waals surface area contributed by atoms with Crippen LogP contribution in [0.25, 0.3) is 10.6 Å². The third kappa shape index (κ3) is 3.50. The van der Waals surface area contributed by atoms with Crippen molar-refractivity contribution in [2.45, 2.75) is 6.92 Å². The summed E-state index contributed by atoms with van der Waals surface area (Å²) in [5.74, 6) is 0.538. The third-order valence-corrected chi connectivity index (χ3v) is 5.21. The molecule has 2 aromatic heterocycles. The molecule has 0 radical (unpaired) electrons. The molecular weight excluding hydrogens is 419 g/mol. The van der Waals surface area contributed by atoms with Gasteiger partial charge in [0.05, 0.1) is 20.6 Å². The average molecular weight is 429 g/mol. The zero-order chi connectivity index (χ0) is 14.8. The van der Waals surface area contributed by atoms with Crippen LogP contribution in [0.3, 0.4) is 0 Å². The Morgan fingerprint density at radius 3 is 2.81 bits per heavy atom. The van der Waals surface area contributed by atoms with Crippen molar-refractivity contribution in [3.8, 4) is 10.6 Å². The van der Waals surface area contributed by atoms with Crippen molar-refractivity contribution in [3.63, 3.8) is 0 Å². The summed E-state index contributed by atoms with van der Waals surface area (Å²) in [5, 5.41) is 4.88. The summed E-state index contributed by atoms with van der Waals surface area (Å²) in [6.45, 7) is 1.97. The summed E-state index contributed by atoms with van der Waals surface area (Å²) < 4.78 is 1.01. The van der Waals surface area contributed by atoms with E-state index in [1.54, 1.807) is 17.5 Å². The molecule has 0 aliphatic rings. The standard InChI is InChI=1S/C14H10ClIN4S/c1-8-18-7-13(21-8)12-4-5-17-14(20-12)19-9-2-3-11(16)10(15)6-9/h2-7H,1H3,(H,17,19,20). The molecule has 0 aliphatic heterocycles. The molecule has 3 aromatic rings. The maximum absolute atomic E-state index is 6.12. The van der Waals surface area contributed by atoms with E-state index < -0.39 is 0 Å².